The molecule has 0 fully saturated rings. The zero-order chi connectivity index (χ0) is 15.0. The number of nitrogens with zero attached hydrogens (tertiary/aromatic N) is 1. The van der Waals surface area contributed by atoms with E-state index in [0.717, 1.165) is 12.8 Å². The zero-order valence-electron chi connectivity index (χ0n) is 11.4. The van der Waals surface area contributed by atoms with E-state index in [-0.39, 0.29) is 22.9 Å². The average Bonchev–Trinajstić information content (AvgIpc) is 2.44. The molecule has 20 heavy (non-hydrogen) atoms. The number of ether oxygens (including phenoxy) is 1. The van der Waals surface area contributed by atoms with Gasteiger partial charge in [0.15, 0.2) is 5.75 Å². The van der Waals surface area contributed by atoms with Gasteiger partial charge in [0.2, 0.25) is 0 Å². The Morgan fingerprint density at radius 3 is 2.80 bits per heavy atom. The number of nitrogens with one attached hydrogen (secondary N) is 1. The molecular formula is C13H19N3O4. The summed E-state index contributed by atoms with van der Waals surface area (Å²) in [5, 5.41) is 13.6. The highest BCUT2D eigenvalue weighted by Gasteiger charge is 2.18. The highest BCUT2D eigenvalue weighted by molar-refractivity contribution is 5.95. The monoisotopic (exact) mass is 281 g/mol. The van der Waals surface area contributed by atoms with Crippen molar-refractivity contribution in [3.63, 3.8) is 0 Å². The summed E-state index contributed by atoms with van der Waals surface area (Å²) in [5.41, 5.74) is 5.39. The molecule has 0 unspecified atom stereocenters. The third-order valence-electron chi connectivity index (χ3n) is 2.63. The Morgan fingerprint density at radius 2 is 2.20 bits per heavy atom. The third-order valence-corrected chi connectivity index (χ3v) is 2.63. The number of carbonyl (C=O) groups excluding carboxylic acids is 1. The SMILES string of the molecule is CCOc1ccc(C(=O)NCCCCN)cc1[N+](=O)[O-]. The van der Waals surface area contributed by atoms with Crippen molar-refractivity contribution in [1.82, 2.24) is 5.32 Å². The minimum atomic E-state index is -0.559. The molecule has 3 N–H and O–H groups in total. The number of nitro benzene ring substituents is 1. The summed E-state index contributed by atoms with van der Waals surface area (Å²) < 4.78 is 5.16. The van der Waals surface area contributed by atoms with Crippen molar-refractivity contribution in [3.05, 3.63) is 33.9 Å². The number of unbranched alkanes of at least 4 members (excludes halogenated alkanes) is 1. The molecule has 0 aliphatic rings. The summed E-state index contributed by atoms with van der Waals surface area (Å²) in [4.78, 5) is 22.2. The van der Waals surface area contributed by atoms with Crippen LogP contribution in [0.25, 0.3) is 0 Å². The highest BCUT2D eigenvalue weighted by Crippen LogP contribution is 2.27. The van der Waals surface area contributed by atoms with Gasteiger partial charge in [-0.05, 0) is 38.4 Å². The molecule has 1 amide bonds. The van der Waals surface area contributed by atoms with Crippen molar-refractivity contribution in [1.29, 1.82) is 0 Å². The van der Waals surface area contributed by atoms with Gasteiger partial charge in [-0.25, -0.2) is 0 Å². The van der Waals surface area contributed by atoms with Crippen molar-refractivity contribution in [2.24, 2.45) is 5.73 Å². The molecule has 110 valence electrons. The Hall–Kier alpha value is -2.15. The predicted octanol–water partition coefficient (Wildman–Crippen LogP) is 1.46. The van der Waals surface area contributed by atoms with E-state index in [1.165, 1.54) is 18.2 Å². The molecule has 0 heterocycles. The van der Waals surface area contributed by atoms with Crippen molar-refractivity contribution in [2.45, 2.75) is 19.8 Å². The second-order valence-electron chi connectivity index (χ2n) is 4.12. The van der Waals surface area contributed by atoms with E-state index < -0.39 is 4.92 Å². The van der Waals surface area contributed by atoms with Crippen molar-refractivity contribution in [2.75, 3.05) is 19.7 Å². The van der Waals surface area contributed by atoms with E-state index in [4.69, 9.17) is 10.5 Å². The number of carbonyl (C=O) groups is 1. The lowest BCUT2D eigenvalue weighted by molar-refractivity contribution is -0.385. The molecule has 7 heteroatoms. The van der Waals surface area contributed by atoms with Crippen LogP contribution in [-0.4, -0.2) is 30.5 Å². The number of hydrogen-bond acceptors (Lipinski definition) is 5. The summed E-state index contributed by atoms with van der Waals surface area (Å²) in [7, 11) is 0. The van der Waals surface area contributed by atoms with Crippen LogP contribution in [0.1, 0.15) is 30.1 Å². The van der Waals surface area contributed by atoms with Gasteiger partial charge in [-0.1, -0.05) is 0 Å². The Labute approximate surface area is 117 Å². The molecule has 0 saturated carbocycles. The van der Waals surface area contributed by atoms with Crippen LogP contribution in [0.15, 0.2) is 18.2 Å². The van der Waals surface area contributed by atoms with Crippen LogP contribution in [0.4, 0.5) is 5.69 Å². The first kappa shape index (κ1) is 15.9. The molecule has 0 aliphatic carbocycles. The fourth-order valence-corrected chi connectivity index (χ4v) is 1.65. The molecule has 1 aromatic carbocycles. The van der Waals surface area contributed by atoms with Crippen LogP contribution in [-0.2, 0) is 0 Å². The summed E-state index contributed by atoms with van der Waals surface area (Å²) in [6.45, 7) is 3.13. The number of benzene rings is 1. The average molecular weight is 281 g/mol. The quantitative estimate of drug-likeness (QED) is 0.426. The Morgan fingerprint density at radius 1 is 1.45 bits per heavy atom. The Kier molecular flexibility index (Phi) is 6.45. The van der Waals surface area contributed by atoms with Crippen LogP contribution >= 0.6 is 0 Å². The van der Waals surface area contributed by atoms with E-state index in [1.807, 2.05) is 0 Å². The van der Waals surface area contributed by atoms with Gasteiger partial charge < -0.3 is 15.8 Å². The van der Waals surface area contributed by atoms with E-state index >= 15 is 0 Å². The largest absolute Gasteiger partial charge is 0.487 e. The van der Waals surface area contributed by atoms with Gasteiger partial charge in [0, 0.05) is 18.2 Å². The van der Waals surface area contributed by atoms with E-state index in [9.17, 15) is 14.9 Å². The molecule has 0 atom stereocenters. The molecule has 0 saturated heterocycles. The van der Waals surface area contributed by atoms with Gasteiger partial charge in [-0.3, -0.25) is 14.9 Å². The number of amides is 1. The smallest absolute Gasteiger partial charge is 0.311 e. The first-order valence-electron chi connectivity index (χ1n) is 6.49. The van der Waals surface area contributed by atoms with Gasteiger partial charge in [0.05, 0.1) is 11.5 Å². The van der Waals surface area contributed by atoms with Crippen molar-refractivity contribution in [3.8, 4) is 5.75 Å². The van der Waals surface area contributed by atoms with Crippen molar-refractivity contribution < 1.29 is 14.5 Å². The fraction of sp³-hybridized carbons (Fsp3) is 0.462. The Bertz CT molecular complexity index is 477. The van der Waals surface area contributed by atoms with Gasteiger partial charge in [0.1, 0.15) is 0 Å². The third kappa shape index (κ3) is 4.51. The standard InChI is InChI=1S/C13H19N3O4/c1-2-20-12-6-5-10(9-11(12)16(18)19)13(17)15-8-4-3-7-14/h5-6,9H,2-4,7-8,14H2,1H3,(H,15,17). The maximum absolute atomic E-state index is 11.8. The van der Waals surface area contributed by atoms with Crippen LogP contribution in [0.3, 0.4) is 0 Å². The molecular weight excluding hydrogens is 262 g/mol. The van der Waals surface area contributed by atoms with Gasteiger partial charge in [-0.15, -0.1) is 0 Å². The molecule has 7 nitrogen and oxygen atoms in total. The first-order chi connectivity index (χ1) is 9.60. The van der Waals surface area contributed by atoms with E-state index in [0.29, 0.717) is 19.7 Å². The summed E-state index contributed by atoms with van der Waals surface area (Å²) in [5.74, 6) is -0.176. The minimum absolute atomic E-state index is 0.164. The predicted molar refractivity (Wildman–Crippen MR) is 74.9 cm³/mol. The molecule has 0 bridgehead atoms. The van der Waals surface area contributed by atoms with Crippen LogP contribution in [0.2, 0.25) is 0 Å². The highest BCUT2D eigenvalue weighted by atomic mass is 16.6. The number of hydrogen-bond donors (Lipinski definition) is 2. The molecule has 0 spiro atoms. The van der Waals surface area contributed by atoms with Gasteiger partial charge >= 0.3 is 5.69 Å². The Balaban J connectivity index is 2.78. The number of rotatable bonds is 8. The molecule has 1 aromatic rings. The summed E-state index contributed by atoms with van der Waals surface area (Å²) >= 11 is 0. The summed E-state index contributed by atoms with van der Waals surface area (Å²) in [6.07, 6.45) is 1.60. The number of nitrogens with two attached hydrogens (primary N) is 1. The fourth-order valence-electron chi connectivity index (χ4n) is 1.65. The zero-order valence-corrected chi connectivity index (χ0v) is 11.4. The number of nitro groups is 1. The van der Waals surface area contributed by atoms with Crippen LogP contribution in [0.5, 0.6) is 5.75 Å². The first-order valence-corrected chi connectivity index (χ1v) is 6.49. The summed E-state index contributed by atoms with van der Waals surface area (Å²) in [6, 6.07) is 4.18. The van der Waals surface area contributed by atoms with Crippen molar-refractivity contribution >= 4 is 11.6 Å². The molecule has 0 radical (unpaired) electrons. The second-order valence-corrected chi connectivity index (χ2v) is 4.12. The maximum atomic E-state index is 11.8. The lowest BCUT2D eigenvalue weighted by Gasteiger charge is -2.07. The normalized spacial score (nSPS) is 10.1. The molecule has 0 aliphatic heterocycles. The second kappa shape index (κ2) is 8.11. The molecule has 0 aromatic heterocycles. The van der Waals surface area contributed by atoms with Gasteiger partial charge in [0.25, 0.3) is 5.91 Å². The minimum Gasteiger partial charge on any atom is -0.487 e. The topological polar surface area (TPSA) is 107 Å². The van der Waals surface area contributed by atoms with Gasteiger partial charge in [-0.2, -0.15) is 0 Å². The van der Waals surface area contributed by atoms with E-state index in [1.54, 1.807) is 6.92 Å². The van der Waals surface area contributed by atoms with Crippen LogP contribution in [0, 0.1) is 10.1 Å². The lowest BCUT2D eigenvalue weighted by atomic mass is 10.1. The van der Waals surface area contributed by atoms with Crippen LogP contribution < -0.4 is 15.8 Å². The maximum Gasteiger partial charge on any atom is 0.311 e. The van der Waals surface area contributed by atoms with E-state index in [2.05, 4.69) is 5.32 Å². The molecule has 1 rings (SSSR count). The lowest BCUT2D eigenvalue weighted by Crippen LogP contribution is -2.25.